The lowest BCUT2D eigenvalue weighted by Gasteiger charge is -2.30. The molecule has 0 bridgehead atoms. The van der Waals surface area contributed by atoms with Crippen LogP contribution in [0.15, 0.2) is 71.6 Å². The second-order valence-corrected chi connectivity index (χ2v) is 11.4. The smallest absolute Gasteiger partial charge is 0.243 e. The van der Waals surface area contributed by atoms with Crippen LogP contribution in [-0.4, -0.2) is 44.1 Å². The molecule has 0 aromatic heterocycles. The molecule has 1 aliphatic heterocycles. The Morgan fingerprint density at radius 1 is 1.00 bits per heavy atom. The second kappa shape index (κ2) is 11.6. The van der Waals surface area contributed by atoms with E-state index in [0.717, 1.165) is 0 Å². The van der Waals surface area contributed by atoms with Crippen LogP contribution >= 0.6 is 23.2 Å². The predicted molar refractivity (Wildman–Crippen MR) is 144 cm³/mol. The lowest BCUT2D eigenvalue weighted by Crippen LogP contribution is -2.41. The molecule has 0 aliphatic carbocycles. The van der Waals surface area contributed by atoms with Crippen LogP contribution in [0.4, 0.5) is 5.69 Å². The van der Waals surface area contributed by atoms with Crippen molar-refractivity contribution in [3.05, 3.63) is 87.9 Å². The number of nitrogens with one attached hydrogen (secondary N) is 1. The maximum Gasteiger partial charge on any atom is 0.243 e. The number of anilines is 1. The number of ether oxygens (including phenoxy) is 1. The maximum atomic E-state index is 13.1. The Balaban J connectivity index is 1.44. The summed E-state index contributed by atoms with van der Waals surface area (Å²) in [7, 11) is -3.78. The van der Waals surface area contributed by atoms with Gasteiger partial charge in [-0.3, -0.25) is 9.59 Å². The fourth-order valence-electron chi connectivity index (χ4n) is 4.22. The summed E-state index contributed by atoms with van der Waals surface area (Å²) in [6, 6.07) is 17.9. The van der Waals surface area contributed by atoms with E-state index >= 15 is 0 Å². The maximum absolute atomic E-state index is 13.1. The van der Waals surface area contributed by atoms with Gasteiger partial charge in [0.1, 0.15) is 5.75 Å². The van der Waals surface area contributed by atoms with Crippen molar-refractivity contribution in [1.82, 2.24) is 4.31 Å². The number of rotatable bonds is 8. The third-order valence-electron chi connectivity index (χ3n) is 6.19. The molecule has 1 aliphatic rings. The summed E-state index contributed by atoms with van der Waals surface area (Å²) in [6.07, 6.45) is 0.677. The van der Waals surface area contributed by atoms with E-state index in [0.29, 0.717) is 47.0 Å². The summed E-state index contributed by atoms with van der Waals surface area (Å²) in [6.45, 7) is 2.60. The van der Waals surface area contributed by atoms with Crippen LogP contribution in [0.3, 0.4) is 0 Å². The Morgan fingerprint density at radius 3 is 2.35 bits per heavy atom. The van der Waals surface area contributed by atoms with Crippen molar-refractivity contribution in [1.29, 1.82) is 0 Å². The molecule has 3 aromatic carbocycles. The quantitative estimate of drug-likeness (QED) is 0.358. The molecule has 0 unspecified atom stereocenters. The molecule has 37 heavy (non-hydrogen) atoms. The largest absolute Gasteiger partial charge is 0.492 e. The van der Waals surface area contributed by atoms with Crippen molar-refractivity contribution in [2.24, 2.45) is 5.92 Å². The number of benzene rings is 3. The van der Waals surface area contributed by atoms with E-state index in [1.165, 1.54) is 22.5 Å². The van der Waals surface area contributed by atoms with Crippen molar-refractivity contribution in [3.8, 4) is 5.75 Å². The van der Waals surface area contributed by atoms with E-state index in [1.807, 2.05) is 13.0 Å². The van der Waals surface area contributed by atoms with Gasteiger partial charge < -0.3 is 10.1 Å². The van der Waals surface area contributed by atoms with Crippen LogP contribution in [0.2, 0.25) is 10.0 Å². The number of ketones is 1. The first-order valence-corrected chi connectivity index (χ1v) is 14.0. The van der Waals surface area contributed by atoms with Gasteiger partial charge in [-0.25, -0.2) is 8.42 Å². The summed E-state index contributed by atoms with van der Waals surface area (Å²) in [4.78, 5) is 26.2. The molecule has 1 saturated heterocycles. The molecule has 0 spiro atoms. The third kappa shape index (κ3) is 6.15. The van der Waals surface area contributed by atoms with E-state index in [4.69, 9.17) is 27.9 Å². The number of carbonyl (C=O) groups is 2. The molecule has 1 heterocycles. The standard InChI is InChI=1S/C27H26Cl2N2O5S/c1-2-36-25-11-9-21(17-23(25)29)37(34,35)31-14-12-19(13-15-31)27(33)30-24-10-8-20(28)16-22(24)26(32)18-6-4-3-5-7-18/h3-11,16-17,19H,2,12-15H2,1H3,(H,30,33). The first-order valence-electron chi connectivity index (χ1n) is 11.8. The zero-order chi connectivity index (χ0) is 26.6. The van der Waals surface area contributed by atoms with Gasteiger partial charge in [-0.15, -0.1) is 0 Å². The number of amides is 1. The minimum absolute atomic E-state index is 0.0779. The molecule has 10 heteroatoms. The van der Waals surface area contributed by atoms with Crippen molar-refractivity contribution in [2.45, 2.75) is 24.7 Å². The number of halogens is 2. The van der Waals surface area contributed by atoms with Crippen molar-refractivity contribution >= 4 is 50.6 Å². The number of piperidine rings is 1. The number of hydrogen-bond donors (Lipinski definition) is 1. The summed E-state index contributed by atoms with van der Waals surface area (Å²) in [5.74, 6) is -0.518. The van der Waals surface area contributed by atoms with Crippen LogP contribution in [0.1, 0.15) is 35.7 Å². The van der Waals surface area contributed by atoms with Gasteiger partial charge >= 0.3 is 0 Å². The van der Waals surface area contributed by atoms with Crippen LogP contribution in [0, 0.1) is 5.92 Å². The van der Waals surface area contributed by atoms with E-state index in [-0.39, 0.29) is 34.7 Å². The summed E-state index contributed by atoms with van der Waals surface area (Å²) in [5.41, 5.74) is 1.13. The molecule has 1 amide bonds. The van der Waals surface area contributed by atoms with Gasteiger partial charge in [-0.05, 0) is 56.2 Å². The van der Waals surface area contributed by atoms with Crippen LogP contribution in [0.5, 0.6) is 5.75 Å². The molecule has 0 radical (unpaired) electrons. The molecule has 0 atom stereocenters. The first-order chi connectivity index (χ1) is 17.7. The van der Waals surface area contributed by atoms with Gasteiger partial charge in [-0.2, -0.15) is 4.31 Å². The fourth-order valence-corrected chi connectivity index (χ4v) is 6.18. The third-order valence-corrected chi connectivity index (χ3v) is 8.61. The fraction of sp³-hybridized carbons (Fsp3) is 0.259. The molecule has 7 nitrogen and oxygen atoms in total. The van der Waals surface area contributed by atoms with Gasteiger partial charge in [0.15, 0.2) is 5.78 Å². The molecule has 4 rings (SSSR count). The van der Waals surface area contributed by atoms with Crippen LogP contribution in [-0.2, 0) is 14.8 Å². The van der Waals surface area contributed by atoms with Crippen molar-refractivity contribution in [2.75, 3.05) is 25.0 Å². The average Bonchev–Trinajstić information content (AvgIpc) is 2.91. The molecule has 1 N–H and O–H groups in total. The van der Waals surface area contributed by atoms with E-state index < -0.39 is 15.9 Å². The first kappa shape index (κ1) is 27.1. The highest BCUT2D eigenvalue weighted by Crippen LogP contribution is 2.31. The van der Waals surface area contributed by atoms with Gasteiger partial charge in [0.25, 0.3) is 0 Å². The van der Waals surface area contributed by atoms with E-state index in [9.17, 15) is 18.0 Å². The van der Waals surface area contributed by atoms with Crippen LogP contribution in [0.25, 0.3) is 0 Å². The molecule has 1 fully saturated rings. The monoisotopic (exact) mass is 560 g/mol. The average molecular weight is 561 g/mol. The molecular weight excluding hydrogens is 535 g/mol. The number of carbonyl (C=O) groups excluding carboxylic acids is 2. The Hall–Kier alpha value is -2.91. The highest BCUT2D eigenvalue weighted by molar-refractivity contribution is 7.89. The van der Waals surface area contributed by atoms with E-state index in [1.54, 1.807) is 42.5 Å². The highest BCUT2D eigenvalue weighted by atomic mass is 35.5. The summed E-state index contributed by atoms with van der Waals surface area (Å²) < 4.78 is 33.0. The normalized spacial score (nSPS) is 14.8. The lowest BCUT2D eigenvalue weighted by atomic mass is 9.96. The lowest BCUT2D eigenvalue weighted by molar-refractivity contribution is -0.120. The van der Waals surface area contributed by atoms with Gasteiger partial charge in [0, 0.05) is 35.2 Å². The Morgan fingerprint density at radius 2 is 1.70 bits per heavy atom. The molecule has 194 valence electrons. The predicted octanol–water partition coefficient (Wildman–Crippen LogP) is 5.66. The van der Waals surface area contributed by atoms with Crippen molar-refractivity contribution < 1.29 is 22.7 Å². The number of sulfonamides is 1. The topological polar surface area (TPSA) is 92.8 Å². The number of nitrogens with zero attached hydrogens (tertiary/aromatic N) is 1. The van der Waals surface area contributed by atoms with Crippen molar-refractivity contribution in [3.63, 3.8) is 0 Å². The van der Waals surface area contributed by atoms with Gasteiger partial charge in [0.05, 0.1) is 22.2 Å². The minimum Gasteiger partial charge on any atom is -0.492 e. The summed E-state index contributed by atoms with van der Waals surface area (Å²) >= 11 is 12.3. The zero-order valence-corrected chi connectivity index (χ0v) is 22.4. The van der Waals surface area contributed by atoms with Gasteiger partial charge in [-0.1, -0.05) is 53.5 Å². The Kier molecular flexibility index (Phi) is 8.54. The SMILES string of the molecule is CCOc1ccc(S(=O)(=O)N2CCC(C(=O)Nc3ccc(Cl)cc3C(=O)c3ccccc3)CC2)cc1Cl. The summed E-state index contributed by atoms with van der Waals surface area (Å²) in [5, 5.41) is 3.45. The zero-order valence-electron chi connectivity index (χ0n) is 20.1. The number of hydrogen-bond acceptors (Lipinski definition) is 5. The van der Waals surface area contributed by atoms with E-state index in [2.05, 4.69) is 5.32 Å². The van der Waals surface area contributed by atoms with Crippen LogP contribution < -0.4 is 10.1 Å². The Bertz CT molecular complexity index is 1410. The molecule has 3 aromatic rings. The highest BCUT2D eigenvalue weighted by Gasteiger charge is 2.33. The minimum atomic E-state index is -3.78. The van der Waals surface area contributed by atoms with Gasteiger partial charge in [0.2, 0.25) is 15.9 Å². The molecule has 0 saturated carbocycles. The Labute approximate surface area is 226 Å². The molecular formula is C27H26Cl2N2O5S. The second-order valence-electron chi connectivity index (χ2n) is 8.58.